The Labute approximate surface area is 103 Å². The molecule has 96 valence electrons. The lowest BCUT2D eigenvalue weighted by atomic mass is 10.2. The average Bonchev–Trinajstić information content (AvgIpc) is 2.39. The monoisotopic (exact) mass is 237 g/mol. The molecule has 0 unspecified atom stereocenters. The Kier molecular flexibility index (Phi) is 6.32. The highest BCUT2D eigenvalue weighted by Crippen LogP contribution is 2.13. The molecule has 0 saturated carbocycles. The minimum Gasteiger partial charge on any atom is -0.356 e. The van der Waals surface area contributed by atoms with Gasteiger partial charge in [-0.2, -0.15) is 4.98 Å². The molecule has 0 aliphatic heterocycles. The van der Waals surface area contributed by atoms with Gasteiger partial charge in [-0.3, -0.25) is 5.43 Å². The van der Waals surface area contributed by atoms with Crippen LogP contribution in [0.4, 0.5) is 11.8 Å². The van der Waals surface area contributed by atoms with Crippen molar-refractivity contribution < 1.29 is 0 Å². The molecule has 0 aliphatic rings. The first kappa shape index (κ1) is 13.7. The summed E-state index contributed by atoms with van der Waals surface area (Å²) in [6.07, 6.45) is 6.48. The van der Waals surface area contributed by atoms with Gasteiger partial charge in [0.2, 0.25) is 5.95 Å². The molecule has 5 nitrogen and oxygen atoms in total. The van der Waals surface area contributed by atoms with Crippen molar-refractivity contribution in [2.75, 3.05) is 23.4 Å². The smallest absolute Gasteiger partial charge is 0.239 e. The summed E-state index contributed by atoms with van der Waals surface area (Å²) in [6.45, 7) is 6.48. The van der Waals surface area contributed by atoms with Crippen LogP contribution in [0, 0.1) is 0 Å². The molecule has 0 radical (unpaired) electrons. The van der Waals surface area contributed by atoms with E-state index in [1.165, 1.54) is 25.7 Å². The van der Waals surface area contributed by atoms with Crippen LogP contribution in [0.5, 0.6) is 0 Å². The van der Waals surface area contributed by atoms with E-state index in [2.05, 4.69) is 34.1 Å². The first-order chi connectivity index (χ1) is 8.31. The lowest BCUT2D eigenvalue weighted by Crippen LogP contribution is -2.27. The zero-order valence-corrected chi connectivity index (χ0v) is 10.8. The highest BCUT2D eigenvalue weighted by molar-refractivity contribution is 5.41. The molecule has 0 amide bonds. The molecular formula is C12H23N5. The minimum absolute atomic E-state index is 0.473. The number of nitrogens with two attached hydrogens (primary N) is 1. The van der Waals surface area contributed by atoms with Crippen molar-refractivity contribution >= 4 is 11.8 Å². The summed E-state index contributed by atoms with van der Waals surface area (Å²) in [5.41, 5.74) is 2.49. The van der Waals surface area contributed by atoms with E-state index in [0.29, 0.717) is 5.95 Å². The predicted molar refractivity (Wildman–Crippen MR) is 71.9 cm³/mol. The first-order valence-electron chi connectivity index (χ1n) is 6.36. The third-order valence-corrected chi connectivity index (χ3v) is 2.66. The van der Waals surface area contributed by atoms with E-state index < -0.39 is 0 Å². The van der Waals surface area contributed by atoms with Gasteiger partial charge in [-0.15, -0.1) is 0 Å². The number of nitrogens with zero attached hydrogens (tertiary/aromatic N) is 3. The van der Waals surface area contributed by atoms with Crippen molar-refractivity contribution in [2.24, 2.45) is 5.84 Å². The summed E-state index contributed by atoms with van der Waals surface area (Å²) in [5, 5.41) is 0. The molecule has 1 rings (SSSR count). The van der Waals surface area contributed by atoms with Gasteiger partial charge in [0.05, 0.1) is 0 Å². The Morgan fingerprint density at radius 2 is 1.88 bits per heavy atom. The summed E-state index contributed by atoms with van der Waals surface area (Å²) in [5.74, 6) is 6.75. The topological polar surface area (TPSA) is 67.1 Å². The van der Waals surface area contributed by atoms with Crippen LogP contribution in [0.15, 0.2) is 12.3 Å². The molecule has 1 heterocycles. The van der Waals surface area contributed by atoms with Crippen LogP contribution in [-0.4, -0.2) is 23.1 Å². The Morgan fingerprint density at radius 1 is 1.24 bits per heavy atom. The minimum atomic E-state index is 0.473. The van der Waals surface area contributed by atoms with Crippen molar-refractivity contribution in [3.05, 3.63) is 12.3 Å². The maximum atomic E-state index is 5.33. The van der Waals surface area contributed by atoms with Gasteiger partial charge < -0.3 is 4.90 Å². The Balaban J connectivity index is 2.71. The summed E-state index contributed by atoms with van der Waals surface area (Å²) >= 11 is 0. The third kappa shape index (κ3) is 4.56. The molecule has 0 aromatic carbocycles. The third-order valence-electron chi connectivity index (χ3n) is 2.66. The number of unbranched alkanes of at least 4 members (excludes halogenated alkanes) is 2. The number of hydrazine groups is 1. The molecule has 0 fully saturated rings. The van der Waals surface area contributed by atoms with Crippen molar-refractivity contribution in [1.29, 1.82) is 0 Å². The van der Waals surface area contributed by atoms with Crippen LogP contribution in [0.25, 0.3) is 0 Å². The fourth-order valence-electron chi connectivity index (χ4n) is 1.63. The van der Waals surface area contributed by atoms with Gasteiger partial charge in [-0.05, 0) is 18.9 Å². The molecular weight excluding hydrogens is 214 g/mol. The standard InChI is InChI=1S/C12H23N5/c1-3-5-9-17(10-6-4-2)11-7-8-14-12(15-11)16-13/h7-8H,3-6,9-10,13H2,1-2H3,(H,14,15,16). The molecule has 0 aliphatic carbocycles. The lowest BCUT2D eigenvalue weighted by Gasteiger charge is -2.23. The lowest BCUT2D eigenvalue weighted by molar-refractivity contribution is 0.670. The predicted octanol–water partition coefficient (Wildman–Crippen LogP) is 2.17. The van der Waals surface area contributed by atoms with Crippen LogP contribution in [0.3, 0.4) is 0 Å². The van der Waals surface area contributed by atoms with Crippen molar-refractivity contribution in [3.63, 3.8) is 0 Å². The van der Waals surface area contributed by atoms with Gasteiger partial charge in [0.25, 0.3) is 0 Å². The van der Waals surface area contributed by atoms with E-state index in [1.807, 2.05) is 6.07 Å². The largest absolute Gasteiger partial charge is 0.356 e. The van der Waals surface area contributed by atoms with Crippen LogP contribution in [0.1, 0.15) is 39.5 Å². The summed E-state index contributed by atoms with van der Waals surface area (Å²) < 4.78 is 0. The Morgan fingerprint density at radius 3 is 2.41 bits per heavy atom. The van der Waals surface area contributed by atoms with E-state index in [1.54, 1.807) is 6.20 Å². The number of anilines is 2. The van der Waals surface area contributed by atoms with Gasteiger partial charge in [0.15, 0.2) is 0 Å². The maximum Gasteiger partial charge on any atom is 0.239 e. The molecule has 0 saturated heterocycles. The molecule has 5 heteroatoms. The summed E-state index contributed by atoms with van der Waals surface area (Å²) in [6, 6.07) is 1.94. The maximum absolute atomic E-state index is 5.33. The molecule has 17 heavy (non-hydrogen) atoms. The van der Waals surface area contributed by atoms with E-state index in [9.17, 15) is 0 Å². The number of aromatic nitrogens is 2. The number of hydrogen-bond acceptors (Lipinski definition) is 5. The quantitative estimate of drug-likeness (QED) is 0.536. The Hall–Kier alpha value is -1.36. The number of hydrogen-bond donors (Lipinski definition) is 2. The average molecular weight is 237 g/mol. The van der Waals surface area contributed by atoms with Gasteiger partial charge in [0.1, 0.15) is 5.82 Å². The van der Waals surface area contributed by atoms with Crippen molar-refractivity contribution in [2.45, 2.75) is 39.5 Å². The molecule has 0 atom stereocenters. The molecule has 1 aromatic heterocycles. The van der Waals surface area contributed by atoms with Crippen LogP contribution >= 0.6 is 0 Å². The van der Waals surface area contributed by atoms with Gasteiger partial charge in [0, 0.05) is 19.3 Å². The summed E-state index contributed by atoms with van der Waals surface area (Å²) in [7, 11) is 0. The van der Waals surface area contributed by atoms with Crippen LogP contribution in [0.2, 0.25) is 0 Å². The molecule has 0 spiro atoms. The fourth-order valence-corrected chi connectivity index (χ4v) is 1.63. The molecule has 1 aromatic rings. The van der Waals surface area contributed by atoms with Crippen molar-refractivity contribution in [3.8, 4) is 0 Å². The van der Waals surface area contributed by atoms with E-state index >= 15 is 0 Å². The number of nitrogen functional groups attached to an aromatic ring is 1. The SMILES string of the molecule is CCCCN(CCCC)c1ccnc(NN)n1. The highest BCUT2D eigenvalue weighted by atomic mass is 15.3. The number of rotatable bonds is 8. The van der Waals surface area contributed by atoms with Gasteiger partial charge >= 0.3 is 0 Å². The highest BCUT2D eigenvalue weighted by Gasteiger charge is 2.07. The first-order valence-corrected chi connectivity index (χ1v) is 6.36. The summed E-state index contributed by atoms with van der Waals surface area (Å²) in [4.78, 5) is 10.7. The van der Waals surface area contributed by atoms with Gasteiger partial charge in [-0.1, -0.05) is 26.7 Å². The van der Waals surface area contributed by atoms with Crippen LogP contribution < -0.4 is 16.2 Å². The fraction of sp³-hybridized carbons (Fsp3) is 0.667. The molecule has 3 N–H and O–H groups in total. The van der Waals surface area contributed by atoms with Crippen LogP contribution in [-0.2, 0) is 0 Å². The van der Waals surface area contributed by atoms with E-state index in [0.717, 1.165) is 18.9 Å². The van der Waals surface area contributed by atoms with E-state index in [4.69, 9.17) is 5.84 Å². The molecule has 0 bridgehead atoms. The zero-order chi connectivity index (χ0) is 12.5. The van der Waals surface area contributed by atoms with Crippen molar-refractivity contribution in [1.82, 2.24) is 9.97 Å². The Bertz CT molecular complexity index is 308. The second-order valence-corrected chi connectivity index (χ2v) is 4.08. The van der Waals surface area contributed by atoms with E-state index in [-0.39, 0.29) is 0 Å². The second kappa shape index (κ2) is 7.84. The second-order valence-electron chi connectivity index (χ2n) is 4.08. The zero-order valence-electron chi connectivity index (χ0n) is 10.8. The van der Waals surface area contributed by atoms with Gasteiger partial charge in [-0.25, -0.2) is 10.8 Å². The normalized spacial score (nSPS) is 10.3. The number of nitrogens with one attached hydrogen (secondary N) is 1.